The number of nitrogens with zero attached hydrogens (tertiary/aromatic N) is 4. The molecule has 2 fully saturated rings. The van der Waals surface area contributed by atoms with Crippen LogP contribution in [0.2, 0.25) is 0 Å². The molecule has 13 heteroatoms. The highest BCUT2D eigenvalue weighted by molar-refractivity contribution is 5.94. The Morgan fingerprint density at radius 1 is 1.05 bits per heavy atom. The van der Waals surface area contributed by atoms with Crippen LogP contribution in [-0.2, 0) is 27.0 Å². The molecule has 2 saturated heterocycles. The third kappa shape index (κ3) is 6.73. The van der Waals surface area contributed by atoms with Crippen LogP contribution in [-0.4, -0.2) is 82.8 Å². The summed E-state index contributed by atoms with van der Waals surface area (Å²) in [5, 5.41) is 3.05. The second-order valence-electron chi connectivity index (χ2n) is 11.4. The number of halogens is 3. The molecule has 236 valence electrons. The molecule has 10 nitrogen and oxygen atoms in total. The Morgan fingerprint density at radius 3 is 2.30 bits per heavy atom. The number of anilines is 1. The zero-order valence-electron chi connectivity index (χ0n) is 25.1. The number of ether oxygens (including phenoxy) is 2. The molecular formula is C31H36F3N5O5. The highest BCUT2D eigenvalue weighted by Crippen LogP contribution is 2.37. The summed E-state index contributed by atoms with van der Waals surface area (Å²) < 4.78 is 54.9. The zero-order valence-corrected chi connectivity index (χ0v) is 25.1. The summed E-state index contributed by atoms with van der Waals surface area (Å²) in [5.74, 6) is -0.292. The molecule has 0 bridgehead atoms. The van der Waals surface area contributed by atoms with Crippen LogP contribution in [0.3, 0.4) is 0 Å². The first kappa shape index (κ1) is 31.5. The van der Waals surface area contributed by atoms with Crippen LogP contribution in [0.4, 0.5) is 18.9 Å². The molecule has 1 N–H and O–H groups in total. The van der Waals surface area contributed by atoms with Crippen LogP contribution in [0.25, 0.3) is 10.9 Å². The van der Waals surface area contributed by atoms with Crippen LogP contribution >= 0.6 is 0 Å². The lowest BCUT2D eigenvalue weighted by Gasteiger charge is -2.35. The van der Waals surface area contributed by atoms with Crippen LogP contribution in [0.5, 0.6) is 0 Å². The maximum atomic E-state index is 14.3. The van der Waals surface area contributed by atoms with E-state index in [1.807, 2.05) is 13.8 Å². The van der Waals surface area contributed by atoms with Crippen LogP contribution in [0, 0.1) is 6.92 Å². The lowest BCUT2D eigenvalue weighted by atomic mass is 9.98. The second kappa shape index (κ2) is 12.6. The first-order valence-corrected chi connectivity index (χ1v) is 14.6. The SMILES string of the molecule is Cc1nc2cc(C(F)(F)F)c(C(C)Nc3ccc(C(=O)N4CC(C)OC(C)C4)cc3)cc2c(=O)n1CC(=O)N1CCOCC1. The van der Waals surface area contributed by atoms with Crippen molar-refractivity contribution in [3.63, 3.8) is 0 Å². The van der Waals surface area contributed by atoms with Gasteiger partial charge in [0.1, 0.15) is 12.4 Å². The average molecular weight is 616 g/mol. The molecule has 0 radical (unpaired) electrons. The van der Waals surface area contributed by atoms with E-state index < -0.39 is 23.3 Å². The van der Waals surface area contributed by atoms with E-state index in [1.54, 1.807) is 41.0 Å². The monoisotopic (exact) mass is 615 g/mol. The lowest BCUT2D eigenvalue weighted by Crippen LogP contribution is -2.48. The highest BCUT2D eigenvalue weighted by Gasteiger charge is 2.36. The predicted molar refractivity (Wildman–Crippen MR) is 158 cm³/mol. The topological polar surface area (TPSA) is 106 Å². The van der Waals surface area contributed by atoms with Gasteiger partial charge < -0.3 is 24.6 Å². The Hall–Kier alpha value is -3.97. The van der Waals surface area contributed by atoms with Crippen molar-refractivity contribution >= 4 is 28.4 Å². The fourth-order valence-electron chi connectivity index (χ4n) is 5.80. The number of fused-ring (bicyclic) bond motifs is 1. The molecule has 0 aliphatic carbocycles. The van der Waals surface area contributed by atoms with E-state index in [0.29, 0.717) is 50.6 Å². The number of benzene rings is 2. The molecule has 2 aromatic carbocycles. The summed E-state index contributed by atoms with van der Waals surface area (Å²) in [4.78, 5) is 47.0. The van der Waals surface area contributed by atoms with Gasteiger partial charge in [0.05, 0.1) is 41.9 Å². The van der Waals surface area contributed by atoms with Gasteiger partial charge in [0.15, 0.2) is 0 Å². The maximum Gasteiger partial charge on any atom is 0.416 e. The molecule has 1 aromatic heterocycles. The Balaban J connectivity index is 1.41. The van der Waals surface area contributed by atoms with Crippen molar-refractivity contribution in [2.45, 2.75) is 58.7 Å². The molecule has 3 heterocycles. The van der Waals surface area contributed by atoms with E-state index in [4.69, 9.17) is 9.47 Å². The maximum absolute atomic E-state index is 14.3. The molecule has 2 amide bonds. The van der Waals surface area contributed by atoms with E-state index in [1.165, 1.54) is 17.6 Å². The zero-order chi connectivity index (χ0) is 31.8. The highest BCUT2D eigenvalue weighted by atomic mass is 19.4. The molecule has 2 aliphatic rings. The van der Waals surface area contributed by atoms with Crippen LogP contribution in [0.15, 0.2) is 41.2 Å². The number of hydrogen-bond acceptors (Lipinski definition) is 7. The number of alkyl halides is 3. The van der Waals surface area contributed by atoms with Crippen molar-refractivity contribution in [2.75, 3.05) is 44.7 Å². The Kier molecular flexibility index (Phi) is 8.98. The minimum Gasteiger partial charge on any atom is -0.379 e. The summed E-state index contributed by atoms with van der Waals surface area (Å²) >= 11 is 0. The lowest BCUT2D eigenvalue weighted by molar-refractivity contribution is -0.138. The third-order valence-corrected chi connectivity index (χ3v) is 7.97. The molecule has 0 saturated carbocycles. The van der Waals surface area contributed by atoms with E-state index in [9.17, 15) is 27.6 Å². The van der Waals surface area contributed by atoms with E-state index in [-0.39, 0.29) is 52.9 Å². The van der Waals surface area contributed by atoms with Crippen molar-refractivity contribution in [2.24, 2.45) is 0 Å². The van der Waals surface area contributed by atoms with Gasteiger partial charge in [-0.15, -0.1) is 0 Å². The normalized spacial score (nSPS) is 20.1. The largest absolute Gasteiger partial charge is 0.416 e. The number of amides is 2. The molecule has 0 spiro atoms. The summed E-state index contributed by atoms with van der Waals surface area (Å²) in [5.41, 5.74) is -0.788. The summed E-state index contributed by atoms with van der Waals surface area (Å²) in [6, 6.07) is 7.76. The molecule has 3 unspecified atom stereocenters. The average Bonchev–Trinajstić information content (AvgIpc) is 2.98. The Morgan fingerprint density at radius 2 is 1.68 bits per heavy atom. The number of hydrogen-bond donors (Lipinski definition) is 1. The van der Waals surface area contributed by atoms with Gasteiger partial charge >= 0.3 is 6.18 Å². The number of rotatable bonds is 6. The minimum absolute atomic E-state index is 0.0167. The molecule has 44 heavy (non-hydrogen) atoms. The number of carbonyl (C=O) groups is 2. The molecule has 3 atom stereocenters. The molecule has 3 aromatic rings. The first-order valence-electron chi connectivity index (χ1n) is 14.6. The summed E-state index contributed by atoms with van der Waals surface area (Å²) in [6.45, 7) is 9.14. The number of nitrogens with one attached hydrogen (secondary N) is 1. The van der Waals surface area contributed by atoms with Gasteiger partial charge in [-0.1, -0.05) is 0 Å². The van der Waals surface area contributed by atoms with Gasteiger partial charge in [0, 0.05) is 43.5 Å². The van der Waals surface area contributed by atoms with E-state index in [0.717, 1.165) is 6.07 Å². The molecule has 2 aliphatic heterocycles. The van der Waals surface area contributed by atoms with Gasteiger partial charge in [0.25, 0.3) is 11.5 Å². The Labute approximate surface area is 252 Å². The van der Waals surface area contributed by atoms with Crippen molar-refractivity contribution in [3.05, 3.63) is 69.3 Å². The number of aryl methyl sites for hydroxylation is 1. The first-order chi connectivity index (χ1) is 20.8. The third-order valence-electron chi connectivity index (χ3n) is 7.97. The number of aromatic nitrogens is 2. The van der Waals surface area contributed by atoms with E-state index >= 15 is 0 Å². The number of morpholine rings is 2. The van der Waals surface area contributed by atoms with Gasteiger partial charge in [-0.3, -0.25) is 19.0 Å². The van der Waals surface area contributed by atoms with Gasteiger partial charge in [-0.05, 0) is 69.7 Å². The van der Waals surface area contributed by atoms with Gasteiger partial charge in [0.2, 0.25) is 5.91 Å². The van der Waals surface area contributed by atoms with Gasteiger partial charge in [-0.25, -0.2) is 4.98 Å². The Bertz CT molecular complexity index is 1590. The quantitative estimate of drug-likeness (QED) is 0.447. The predicted octanol–water partition coefficient (Wildman–Crippen LogP) is 4.01. The molecular weight excluding hydrogens is 579 g/mol. The van der Waals surface area contributed by atoms with Crippen molar-refractivity contribution in [1.29, 1.82) is 0 Å². The minimum atomic E-state index is -4.71. The summed E-state index contributed by atoms with van der Waals surface area (Å²) in [7, 11) is 0. The van der Waals surface area contributed by atoms with Gasteiger partial charge in [-0.2, -0.15) is 13.2 Å². The van der Waals surface area contributed by atoms with Crippen molar-refractivity contribution in [1.82, 2.24) is 19.4 Å². The van der Waals surface area contributed by atoms with Crippen LogP contribution < -0.4 is 10.9 Å². The summed E-state index contributed by atoms with van der Waals surface area (Å²) in [6.07, 6.45) is -4.87. The second-order valence-corrected chi connectivity index (χ2v) is 11.4. The fourth-order valence-corrected chi connectivity index (χ4v) is 5.80. The fraction of sp³-hybridized carbons (Fsp3) is 0.484. The smallest absolute Gasteiger partial charge is 0.379 e. The van der Waals surface area contributed by atoms with Crippen molar-refractivity contribution < 1.29 is 32.2 Å². The van der Waals surface area contributed by atoms with E-state index in [2.05, 4.69) is 10.3 Å². The molecule has 5 rings (SSSR count). The standard InChI is InChI=1S/C31H36F3N5O5/c1-18-15-38(16-19(2)44-18)29(41)22-5-7-23(8-6-22)35-20(3)24-13-25-27(14-26(24)31(32,33)34)36-21(4)39(30(25)42)17-28(40)37-9-11-43-12-10-37/h5-8,13-14,18-20,35H,9-12,15-17H2,1-4H3. The van der Waals surface area contributed by atoms with Crippen LogP contribution in [0.1, 0.15) is 54.1 Å². The van der Waals surface area contributed by atoms with Crippen molar-refractivity contribution in [3.8, 4) is 0 Å². The number of carbonyl (C=O) groups excluding carboxylic acids is 2.